The maximum absolute atomic E-state index is 12.7. The summed E-state index contributed by atoms with van der Waals surface area (Å²) in [5, 5.41) is 3.81. The molecule has 0 saturated carbocycles. The first-order valence-electron chi connectivity index (χ1n) is 6.78. The van der Waals surface area contributed by atoms with Crippen LogP contribution in [0.1, 0.15) is 6.92 Å². The predicted octanol–water partition coefficient (Wildman–Crippen LogP) is 1.59. The first-order chi connectivity index (χ1) is 11.0. The van der Waals surface area contributed by atoms with Crippen LogP contribution >= 0.6 is 31.9 Å². The monoisotopic (exact) mass is 443 g/mol. The molecular weight excluding hydrogens is 434 g/mol. The maximum Gasteiger partial charge on any atom is 0.355 e. The van der Waals surface area contributed by atoms with Gasteiger partial charge in [-0.05, 0) is 41.1 Å². The average molecular weight is 445 g/mol. The molecule has 0 spiro atoms. The number of halogens is 2. The second-order valence-corrected chi connectivity index (χ2v) is 6.68. The Morgan fingerprint density at radius 3 is 2.74 bits per heavy atom. The van der Waals surface area contributed by atoms with E-state index in [9.17, 15) is 14.4 Å². The van der Waals surface area contributed by atoms with Crippen molar-refractivity contribution in [2.45, 2.75) is 13.0 Å². The summed E-state index contributed by atoms with van der Waals surface area (Å²) in [6.07, 6.45) is 0. The van der Waals surface area contributed by atoms with E-state index in [-0.39, 0.29) is 12.3 Å². The molecule has 1 fully saturated rings. The molecule has 0 aliphatic carbocycles. The molecule has 0 unspecified atom stereocenters. The number of amides is 2. The molecule has 0 aromatic heterocycles. The Balaban J connectivity index is 1.95. The van der Waals surface area contributed by atoms with Crippen molar-refractivity contribution in [3.05, 3.63) is 27.1 Å². The molecular formula is C14H11Br2N3O4. The number of carbonyl (C=O) groups is 3. The minimum atomic E-state index is -0.961. The number of hydrogen-bond donors (Lipinski definition) is 1. The number of carbonyl (C=O) groups excluding carboxylic acids is 3. The fraction of sp³-hybridized carbons (Fsp3) is 0.286. The third-order valence-corrected chi connectivity index (χ3v) is 4.69. The van der Waals surface area contributed by atoms with Crippen molar-refractivity contribution in [2.24, 2.45) is 11.0 Å². The van der Waals surface area contributed by atoms with Gasteiger partial charge in [0, 0.05) is 8.95 Å². The number of imide groups is 1. The summed E-state index contributed by atoms with van der Waals surface area (Å²) in [4.78, 5) is 38.2. The molecule has 3 rings (SSSR count). The lowest BCUT2D eigenvalue weighted by Gasteiger charge is -2.17. The predicted molar refractivity (Wildman–Crippen MR) is 88.8 cm³/mol. The van der Waals surface area contributed by atoms with Crippen LogP contribution in [0.25, 0.3) is 0 Å². The van der Waals surface area contributed by atoms with Gasteiger partial charge in [0.1, 0.15) is 12.0 Å². The number of fused-ring (bicyclic) bond motifs is 1. The van der Waals surface area contributed by atoms with Crippen molar-refractivity contribution in [3.8, 4) is 0 Å². The zero-order valence-electron chi connectivity index (χ0n) is 11.9. The highest BCUT2D eigenvalue weighted by Gasteiger charge is 2.56. The number of hydrogen-bond acceptors (Lipinski definition) is 6. The summed E-state index contributed by atoms with van der Waals surface area (Å²) in [6, 6.07) is 4.23. The molecule has 0 radical (unpaired) electrons. The largest absolute Gasteiger partial charge is 0.461 e. The number of rotatable bonds is 3. The zero-order chi connectivity index (χ0) is 16.7. The van der Waals surface area contributed by atoms with Gasteiger partial charge >= 0.3 is 5.97 Å². The molecule has 1 N–H and O–H groups in total. The van der Waals surface area contributed by atoms with Crippen LogP contribution in [-0.2, 0) is 19.1 Å². The first-order valence-corrected chi connectivity index (χ1v) is 8.37. The Labute approximate surface area is 148 Å². The van der Waals surface area contributed by atoms with Gasteiger partial charge < -0.3 is 4.74 Å². The van der Waals surface area contributed by atoms with Gasteiger partial charge in [-0.2, -0.15) is 5.10 Å². The van der Waals surface area contributed by atoms with Crippen LogP contribution in [0.15, 0.2) is 32.2 Å². The SMILES string of the molecule is CCOC(=O)C1=NN[C@@H]2C(=O)N(c3ccc(Br)cc3Br)C(=O)[C@H]12. The number of ether oxygens (including phenoxy) is 1. The normalized spacial score (nSPS) is 22.7. The van der Waals surface area contributed by atoms with E-state index in [1.807, 2.05) is 0 Å². The summed E-state index contributed by atoms with van der Waals surface area (Å²) >= 11 is 6.66. The van der Waals surface area contributed by atoms with Crippen molar-refractivity contribution >= 4 is 61.0 Å². The lowest BCUT2D eigenvalue weighted by molar-refractivity contribution is -0.136. The van der Waals surface area contributed by atoms with E-state index in [1.54, 1.807) is 25.1 Å². The molecule has 1 aromatic rings. The standard InChI is InChI=1S/C14H11Br2N3O4/c1-2-23-14(22)11-9-10(17-18-11)13(21)19(12(9)20)8-4-3-6(15)5-7(8)16/h3-5,9-10,17H,2H2,1H3/t9-,10-/m0/s1. The highest BCUT2D eigenvalue weighted by molar-refractivity contribution is 9.11. The second-order valence-electron chi connectivity index (χ2n) is 4.91. The minimum absolute atomic E-state index is 0.0639. The smallest absolute Gasteiger partial charge is 0.355 e. The molecule has 1 aromatic carbocycles. The van der Waals surface area contributed by atoms with Crippen LogP contribution in [0.4, 0.5) is 5.69 Å². The molecule has 7 nitrogen and oxygen atoms in total. The number of hydrazone groups is 1. The van der Waals surface area contributed by atoms with E-state index < -0.39 is 29.7 Å². The third kappa shape index (κ3) is 2.57. The third-order valence-electron chi connectivity index (χ3n) is 3.56. The molecule has 0 bridgehead atoms. The Bertz CT molecular complexity index is 750. The van der Waals surface area contributed by atoms with Gasteiger partial charge in [-0.25, -0.2) is 9.69 Å². The van der Waals surface area contributed by atoms with Crippen molar-refractivity contribution in [3.63, 3.8) is 0 Å². The Morgan fingerprint density at radius 1 is 1.35 bits per heavy atom. The molecule has 9 heteroatoms. The number of anilines is 1. The van der Waals surface area contributed by atoms with Gasteiger partial charge in [0.05, 0.1) is 12.3 Å². The summed E-state index contributed by atoms with van der Waals surface area (Å²) in [6.45, 7) is 1.82. The fourth-order valence-corrected chi connectivity index (χ4v) is 3.79. The summed E-state index contributed by atoms with van der Waals surface area (Å²) < 4.78 is 6.28. The van der Waals surface area contributed by atoms with Gasteiger partial charge in [0.15, 0.2) is 5.71 Å². The highest BCUT2D eigenvalue weighted by Crippen LogP contribution is 2.36. The molecule has 2 atom stereocenters. The van der Waals surface area contributed by atoms with Gasteiger partial charge in [-0.3, -0.25) is 15.0 Å². The van der Waals surface area contributed by atoms with Crippen molar-refractivity contribution in [1.29, 1.82) is 0 Å². The first kappa shape index (κ1) is 16.1. The van der Waals surface area contributed by atoms with E-state index in [0.29, 0.717) is 10.2 Å². The molecule has 2 aliphatic rings. The zero-order valence-corrected chi connectivity index (χ0v) is 15.0. The van der Waals surface area contributed by atoms with Gasteiger partial charge in [0.25, 0.3) is 5.91 Å². The van der Waals surface area contributed by atoms with E-state index in [4.69, 9.17) is 4.74 Å². The van der Waals surface area contributed by atoms with E-state index in [1.165, 1.54) is 0 Å². The summed E-state index contributed by atoms with van der Waals surface area (Å²) in [7, 11) is 0. The van der Waals surface area contributed by atoms with E-state index in [2.05, 4.69) is 42.4 Å². The topological polar surface area (TPSA) is 88.1 Å². The fourth-order valence-electron chi connectivity index (χ4n) is 2.56. The number of nitrogens with zero attached hydrogens (tertiary/aromatic N) is 2. The van der Waals surface area contributed by atoms with Crippen molar-refractivity contribution in [1.82, 2.24) is 5.43 Å². The van der Waals surface area contributed by atoms with Gasteiger partial charge in [-0.1, -0.05) is 15.9 Å². The summed E-state index contributed by atoms with van der Waals surface area (Å²) in [5.74, 6) is -2.60. The lowest BCUT2D eigenvalue weighted by atomic mass is 9.99. The molecule has 23 heavy (non-hydrogen) atoms. The average Bonchev–Trinajstić information content (AvgIpc) is 3.02. The van der Waals surface area contributed by atoms with Crippen LogP contribution in [0, 0.1) is 5.92 Å². The van der Waals surface area contributed by atoms with Crippen LogP contribution in [0.3, 0.4) is 0 Å². The van der Waals surface area contributed by atoms with Crippen LogP contribution in [0.5, 0.6) is 0 Å². The minimum Gasteiger partial charge on any atom is -0.461 e. The Hall–Kier alpha value is -1.74. The molecule has 120 valence electrons. The quantitative estimate of drug-likeness (QED) is 0.565. The number of benzene rings is 1. The summed E-state index contributed by atoms with van der Waals surface area (Å²) in [5.41, 5.74) is 2.92. The van der Waals surface area contributed by atoms with E-state index in [0.717, 1.165) is 9.37 Å². The molecule has 2 aliphatic heterocycles. The number of nitrogens with one attached hydrogen (secondary N) is 1. The maximum atomic E-state index is 12.7. The van der Waals surface area contributed by atoms with Gasteiger partial charge in [0.2, 0.25) is 5.91 Å². The van der Waals surface area contributed by atoms with Crippen molar-refractivity contribution in [2.75, 3.05) is 11.5 Å². The second kappa shape index (κ2) is 6.04. The van der Waals surface area contributed by atoms with Crippen molar-refractivity contribution < 1.29 is 19.1 Å². The Kier molecular flexibility index (Phi) is 4.24. The number of esters is 1. The van der Waals surface area contributed by atoms with E-state index >= 15 is 0 Å². The molecule has 1 saturated heterocycles. The van der Waals surface area contributed by atoms with Crippen LogP contribution < -0.4 is 10.3 Å². The molecule has 2 amide bonds. The van der Waals surface area contributed by atoms with Crippen LogP contribution in [-0.4, -0.2) is 36.1 Å². The Morgan fingerprint density at radius 2 is 2.09 bits per heavy atom. The van der Waals surface area contributed by atoms with Crippen LogP contribution in [0.2, 0.25) is 0 Å². The van der Waals surface area contributed by atoms with Gasteiger partial charge in [-0.15, -0.1) is 0 Å². The lowest BCUT2D eigenvalue weighted by Crippen LogP contribution is -2.36. The highest BCUT2D eigenvalue weighted by atomic mass is 79.9. The molecule has 2 heterocycles.